The van der Waals surface area contributed by atoms with E-state index >= 15 is 0 Å². The monoisotopic (exact) mass is 227 g/mol. The molecule has 0 aliphatic carbocycles. The minimum absolute atomic E-state index is 0.170. The Morgan fingerprint density at radius 1 is 1.06 bits per heavy atom. The van der Waals surface area contributed by atoms with Crippen LogP contribution in [0, 0.1) is 5.41 Å². The number of hydrogen-bond donors (Lipinski definition) is 0. The fraction of sp³-hybridized carbons (Fsp3) is 1.00. The van der Waals surface area contributed by atoms with Crippen molar-refractivity contribution in [2.45, 2.75) is 65.3 Å². The lowest BCUT2D eigenvalue weighted by atomic mass is 9.83. The van der Waals surface area contributed by atoms with Crippen molar-refractivity contribution in [1.82, 2.24) is 4.90 Å². The molecule has 0 aromatic carbocycles. The summed E-state index contributed by atoms with van der Waals surface area (Å²) in [4.78, 5) is 2.53. The second-order valence-electron chi connectivity index (χ2n) is 7.20. The molecule has 1 spiro atoms. The molecule has 2 heterocycles. The molecule has 2 aliphatic heterocycles. The Morgan fingerprint density at radius 2 is 1.62 bits per heavy atom. The highest BCUT2D eigenvalue weighted by Gasteiger charge is 2.55. The van der Waals surface area contributed by atoms with Gasteiger partial charge in [0, 0.05) is 18.0 Å². The molecular weight excluding hydrogens is 202 g/mol. The minimum Gasteiger partial charge on any atom is -0.322 e. The van der Waals surface area contributed by atoms with E-state index in [0.717, 1.165) is 13.0 Å². The van der Waals surface area contributed by atoms with Crippen LogP contribution >= 0.6 is 0 Å². The molecule has 0 amide bonds. The molecule has 0 saturated carbocycles. The van der Waals surface area contributed by atoms with Crippen molar-refractivity contribution in [3.8, 4) is 0 Å². The van der Waals surface area contributed by atoms with Crippen molar-refractivity contribution in [3.05, 3.63) is 0 Å². The maximum absolute atomic E-state index is 5.67. The first kappa shape index (κ1) is 12.3. The van der Waals surface area contributed by atoms with Gasteiger partial charge in [-0.3, -0.25) is 4.90 Å². The highest BCUT2D eigenvalue weighted by Crippen LogP contribution is 2.45. The van der Waals surface area contributed by atoms with Crippen LogP contribution < -0.4 is 0 Å². The number of likely N-dealkylation sites (tertiary alicyclic amines) is 1. The molecule has 0 radical (unpaired) electrons. The molecule has 0 N–H and O–H groups in total. The van der Waals surface area contributed by atoms with Gasteiger partial charge in [-0.1, -0.05) is 20.8 Å². The van der Waals surface area contributed by atoms with Crippen LogP contribution in [0.15, 0.2) is 0 Å². The van der Waals surface area contributed by atoms with Crippen molar-refractivity contribution in [1.29, 1.82) is 0 Å². The smallest absolute Gasteiger partial charge is 0.188 e. The maximum atomic E-state index is 5.67. The summed E-state index contributed by atoms with van der Waals surface area (Å²) >= 11 is 0. The van der Waals surface area contributed by atoms with Crippen LogP contribution in [-0.4, -0.2) is 35.6 Å². The number of hydrogen-bond acceptors (Lipinski definition) is 3. The zero-order valence-electron chi connectivity index (χ0n) is 11.5. The van der Waals surface area contributed by atoms with E-state index in [0.29, 0.717) is 12.8 Å². The fourth-order valence-corrected chi connectivity index (χ4v) is 2.75. The largest absolute Gasteiger partial charge is 0.322 e. The molecule has 2 aliphatic rings. The van der Waals surface area contributed by atoms with Gasteiger partial charge < -0.3 is 9.47 Å². The SMILES string of the molecule is CC(C)(C)C1CC2(CN1C(C)(C)C)OCO2. The van der Waals surface area contributed by atoms with Crippen LogP contribution in [0.2, 0.25) is 0 Å². The number of rotatable bonds is 0. The Balaban J connectivity index is 2.21. The van der Waals surface area contributed by atoms with Crippen LogP contribution in [-0.2, 0) is 9.47 Å². The highest BCUT2D eigenvalue weighted by molar-refractivity contribution is 5.02. The van der Waals surface area contributed by atoms with Crippen LogP contribution in [0.1, 0.15) is 48.0 Å². The standard InChI is InChI=1S/C13H25NO2/c1-11(2,3)10-7-13(15-9-16-13)8-14(10)12(4,5)6/h10H,7-9H2,1-6H3. The van der Waals surface area contributed by atoms with Crippen LogP contribution in [0.5, 0.6) is 0 Å². The van der Waals surface area contributed by atoms with E-state index in [-0.39, 0.29) is 16.7 Å². The van der Waals surface area contributed by atoms with E-state index in [9.17, 15) is 0 Å². The summed E-state index contributed by atoms with van der Waals surface area (Å²) in [5.41, 5.74) is 0.433. The third-order valence-electron chi connectivity index (χ3n) is 3.80. The van der Waals surface area contributed by atoms with Gasteiger partial charge in [0.25, 0.3) is 0 Å². The van der Waals surface area contributed by atoms with Crippen molar-refractivity contribution < 1.29 is 9.47 Å². The van der Waals surface area contributed by atoms with Crippen LogP contribution in [0.4, 0.5) is 0 Å². The molecule has 1 unspecified atom stereocenters. The summed E-state index contributed by atoms with van der Waals surface area (Å²) in [5, 5.41) is 0. The first-order valence-corrected chi connectivity index (χ1v) is 6.19. The molecule has 0 bridgehead atoms. The van der Waals surface area contributed by atoms with E-state index in [1.807, 2.05) is 0 Å². The summed E-state index contributed by atoms with van der Waals surface area (Å²) in [6, 6.07) is 0.521. The van der Waals surface area contributed by atoms with Crippen molar-refractivity contribution in [2.24, 2.45) is 5.41 Å². The van der Waals surface area contributed by atoms with Gasteiger partial charge in [-0.2, -0.15) is 0 Å². The second kappa shape index (κ2) is 3.44. The minimum atomic E-state index is -0.300. The lowest BCUT2D eigenvalue weighted by Crippen LogP contribution is -2.52. The second-order valence-corrected chi connectivity index (χ2v) is 7.20. The number of nitrogens with zero attached hydrogens (tertiary/aromatic N) is 1. The Morgan fingerprint density at radius 3 is 1.88 bits per heavy atom. The molecule has 0 aromatic heterocycles. The maximum Gasteiger partial charge on any atom is 0.188 e. The summed E-state index contributed by atoms with van der Waals surface area (Å²) < 4.78 is 11.3. The van der Waals surface area contributed by atoms with Crippen molar-refractivity contribution in [2.75, 3.05) is 13.3 Å². The molecular formula is C13H25NO2. The van der Waals surface area contributed by atoms with Gasteiger partial charge in [0.15, 0.2) is 12.6 Å². The summed E-state index contributed by atoms with van der Waals surface area (Å²) in [6.07, 6.45) is 0.994. The first-order valence-electron chi connectivity index (χ1n) is 6.19. The molecule has 3 heteroatoms. The fourth-order valence-electron chi connectivity index (χ4n) is 2.75. The van der Waals surface area contributed by atoms with Gasteiger partial charge >= 0.3 is 0 Å². The van der Waals surface area contributed by atoms with E-state index in [1.165, 1.54) is 0 Å². The average molecular weight is 227 g/mol. The van der Waals surface area contributed by atoms with E-state index in [1.54, 1.807) is 0 Å². The highest BCUT2D eigenvalue weighted by atomic mass is 16.9. The molecule has 3 nitrogen and oxygen atoms in total. The van der Waals surface area contributed by atoms with Gasteiger partial charge in [-0.05, 0) is 26.2 Å². The van der Waals surface area contributed by atoms with E-state index in [4.69, 9.17) is 9.47 Å². The van der Waals surface area contributed by atoms with Crippen molar-refractivity contribution in [3.63, 3.8) is 0 Å². The Labute approximate surface area is 99.1 Å². The van der Waals surface area contributed by atoms with Crippen LogP contribution in [0.25, 0.3) is 0 Å². The average Bonchev–Trinajstić information content (AvgIpc) is 2.39. The third kappa shape index (κ3) is 2.01. The molecule has 1 atom stereocenters. The summed E-state index contributed by atoms with van der Waals surface area (Å²) in [5.74, 6) is -0.300. The topological polar surface area (TPSA) is 21.7 Å². The lowest BCUT2D eigenvalue weighted by molar-refractivity contribution is -0.390. The first-order chi connectivity index (χ1) is 7.14. The molecule has 2 rings (SSSR count). The predicted octanol–water partition coefficient (Wildman–Crippen LogP) is 2.61. The third-order valence-corrected chi connectivity index (χ3v) is 3.80. The van der Waals surface area contributed by atoms with Crippen molar-refractivity contribution >= 4 is 0 Å². The summed E-state index contributed by atoms with van der Waals surface area (Å²) in [7, 11) is 0. The lowest BCUT2D eigenvalue weighted by Gasteiger charge is -2.42. The van der Waals surface area contributed by atoms with Crippen LogP contribution in [0.3, 0.4) is 0 Å². The predicted molar refractivity (Wildman–Crippen MR) is 64.1 cm³/mol. The normalized spacial score (nSPS) is 30.8. The van der Waals surface area contributed by atoms with Gasteiger partial charge in [0.05, 0.1) is 6.54 Å². The molecule has 2 fully saturated rings. The Kier molecular flexibility index (Phi) is 2.65. The van der Waals surface area contributed by atoms with E-state index < -0.39 is 0 Å². The Bertz CT molecular complexity index is 247. The van der Waals surface area contributed by atoms with E-state index in [2.05, 4.69) is 46.4 Å². The molecule has 94 valence electrons. The van der Waals surface area contributed by atoms with Gasteiger partial charge in [-0.25, -0.2) is 0 Å². The number of ether oxygens (including phenoxy) is 2. The van der Waals surface area contributed by atoms with Gasteiger partial charge in [0.2, 0.25) is 0 Å². The van der Waals surface area contributed by atoms with Gasteiger partial charge in [0.1, 0.15) is 0 Å². The van der Waals surface area contributed by atoms with Gasteiger partial charge in [-0.15, -0.1) is 0 Å². The zero-order chi connectivity index (χ0) is 12.2. The molecule has 0 aromatic rings. The Hall–Kier alpha value is -0.120. The molecule has 16 heavy (non-hydrogen) atoms. The quantitative estimate of drug-likeness (QED) is 0.635. The molecule has 2 saturated heterocycles. The summed E-state index contributed by atoms with van der Waals surface area (Å²) in [6.45, 7) is 15.1. The zero-order valence-corrected chi connectivity index (χ0v) is 11.5.